The van der Waals surface area contributed by atoms with Crippen molar-refractivity contribution in [1.82, 2.24) is 0 Å². The van der Waals surface area contributed by atoms with Crippen molar-refractivity contribution in [2.45, 2.75) is 17.6 Å². The maximum Gasteiger partial charge on any atom is 0.182 e. The van der Waals surface area contributed by atoms with Gasteiger partial charge < -0.3 is 5.73 Å². The summed E-state index contributed by atoms with van der Waals surface area (Å²) in [6.07, 6.45) is 0. The molecule has 0 bridgehead atoms. The van der Waals surface area contributed by atoms with Crippen molar-refractivity contribution in [2.24, 2.45) is 0 Å². The Bertz CT molecular complexity index is 711. The van der Waals surface area contributed by atoms with Crippen molar-refractivity contribution in [3.8, 4) is 0 Å². The van der Waals surface area contributed by atoms with Crippen LogP contribution >= 0.6 is 11.6 Å². The fourth-order valence-electron chi connectivity index (χ4n) is 1.80. The highest BCUT2D eigenvalue weighted by atomic mass is 35.5. The number of halogens is 1. The Morgan fingerprint density at radius 3 is 2.58 bits per heavy atom. The summed E-state index contributed by atoms with van der Waals surface area (Å²) in [5.41, 5.74) is 7.64. The molecule has 0 spiro atoms. The van der Waals surface area contributed by atoms with Crippen LogP contribution in [0.25, 0.3) is 0 Å². The molecule has 0 saturated carbocycles. The highest BCUT2D eigenvalue weighted by Crippen LogP contribution is 2.23. The molecule has 2 aromatic carbocycles. The molecule has 5 heteroatoms. The Morgan fingerprint density at radius 1 is 1.16 bits per heavy atom. The molecule has 0 amide bonds. The molecule has 3 nitrogen and oxygen atoms in total. The Labute approximate surface area is 117 Å². The summed E-state index contributed by atoms with van der Waals surface area (Å²) in [5, 5.41) is 0.476. The summed E-state index contributed by atoms with van der Waals surface area (Å²) in [4.78, 5) is 0.298. The molecule has 0 fully saturated rings. The van der Waals surface area contributed by atoms with E-state index >= 15 is 0 Å². The van der Waals surface area contributed by atoms with Crippen molar-refractivity contribution in [2.75, 3.05) is 5.73 Å². The summed E-state index contributed by atoms with van der Waals surface area (Å²) in [5.74, 6) is -0.150. The molecule has 0 aliphatic carbocycles. The summed E-state index contributed by atoms with van der Waals surface area (Å²) in [6.45, 7) is 1.85. The third kappa shape index (κ3) is 3.28. The van der Waals surface area contributed by atoms with E-state index in [1.54, 1.807) is 36.4 Å². The van der Waals surface area contributed by atoms with E-state index in [0.29, 0.717) is 21.2 Å². The number of benzene rings is 2. The fraction of sp³-hybridized carbons (Fsp3) is 0.143. The van der Waals surface area contributed by atoms with Crippen LogP contribution in [0, 0.1) is 6.92 Å². The van der Waals surface area contributed by atoms with Gasteiger partial charge in [-0.05, 0) is 48.4 Å². The van der Waals surface area contributed by atoms with Crippen LogP contribution in [-0.2, 0) is 15.6 Å². The summed E-state index contributed by atoms with van der Waals surface area (Å²) < 4.78 is 24.6. The van der Waals surface area contributed by atoms with Gasteiger partial charge >= 0.3 is 0 Å². The number of sulfone groups is 1. The van der Waals surface area contributed by atoms with Crippen molar-refractivity contribution in [3.05, 3.63) is 58.6 Å². The van der Waals surface area contributed by atoms with E-state index in [-0.39, 0.29) is 5.75 Å². The lowest BCUT2D eigenvalue weighted by Gasteiger charge is -2.08. The van der Waals surface area contributed by atoms with Crippen LogP contribution in [0.1, 0.15) is 11.1 Å². The minimum Gasteiger partial charge on any atom is -0.398 e. The van der Waals surface area contributed by atoms with Gasteiger partial charge in [0.1, 0.15) is 0 Å². The van der Waals surface area contributed by atoms with Gasteiger partial charge in [-0.2, -0.15) is 0 Å². The normalized spacial score (nSPS) is 11.5. The van der Waals surface area contributed by atoms with Crippen molar-refractivity contribution >= 4 is 27.1 Å². The van der Waals surface area contributed by atoms with E-state index in [1.165, 1.54) is 0 Å². The molecule has 19 heavy (non-hydrogen) atoms. The number of nitrogens with two attached hydrogens (primary N) is 1. The number of rotatable bonds is 3. The van der Waals surface area contributed by atoms with Crippen molar-refractivity contribution in [3.63, 3.8) is 0 Å². The second-order valence-corrected chi connectivity index (χ2v) is 6.84. The van der Waals surface area contributed by atoms with E-state index in [0.717, 1.165) is 5.56 Å². The predicted octanol–water partition coefficient (Wildman–Crippen LogP) is 3.20. The minimum atomic E-state index is -3.41. The smallest absolute Gasteiger partial charge is 0.182 e. The SMILES string of the molecule is Cc1cccc(S(=O)(=O)Cc2cc(Cl)ccc2N)c1. The van der Waals surface area contributed by atoms with Crippen LogP contribution in [0.5, 0.6) is 0 Å². The Kier molecular flexibility index (Phi) is 3.83. The highest BCUT2D eigenvalue weighted by Gasteiger charge is 2.17. The molecule has 0 aliphatic rings. The van der Waals surface area contributed by atoms with Gasteiger partial charge in [0.15, 0.2) is 9.84 Å². The first-order chi connectivity index (χ1) is 8.88. The number of hydrogen-bond donors (Lipinski definition) is 1. The lowest BCUT2D eigenvalue weighted by molar-refractivity contribution is 0.595. The molecular weight excluding hydrogens is 282 g/mol. The van der Waals surface area contributed by atoms with Crippen LogP contribution in [0.3, 0.4) is 0 Å². The van der Waals surface area contributed by atoms with E-state index in [2.05, 4.69) is 0 Å². The maximum absolute atomic E-state index is 12.3. The lowest BCUT2D eigenvalue weighted by atomic mass is 10.2. The summed E-state index contributed by atoms with van der Waals surface area (Å²) in [7, 11) is -3.41. The van der Waals surface area contributed by atoms with Crippen molar-refractivity contribution in [1.29, 1.82) is 0 Å². The van der Waals surface area contributed by atoms with Gasteiger partial charge in [-0.1, -0.05) is 23.7 Å². The molecule has 0 atom stereocenters. The molecule has 0 radical (unpaired) electrons. The van der Waals surface area contributed by atoms with Gasteiger partial charge in [0.2, 0.25) is 0 Å². The van der Waals surface area contributed by atoms with E-state index in [1.807, 2.05) is 13.0 Å². The molecule has 0 saturated heterocycles. The minimum absolute atomic E-state index is 0.150. The molecule has 0 aliphatic heterocycles. The second kappa shape index (κ2) is 5.23. The number of nitrogen functional groups attached to an aromatic ring is 1. The van der Waals surface area contributed by atoms with Gasteiger partial charge in [-0.3, -0.25) is 0 Å². The zero-order valence-corrected chi connectivity index (χ0v) is 12.0. The average molecular weight is 296 g/mol. The molecule has 0 unspecified atom stereocenters. The van der Waals surface area contributed by atoms with Crippen LogP contribution in [0.4, 0.5) is 5.69 Å². The first-order valence-electron chi connectivity index (χ1n) is 5.72. The molecule has 2 rings (SSSR count). The zero-order chi connectivity index (χ0) is 14.0. The van der Waals surface area contributed by atoms with Crippen LogP contribution < -0.4 is 5.73 Å². The number of anilines is 1. The first kappa shape index (κ1) is 13.9. The van der Waals surface area contributed by atoms with Gasteiger partial charge in [-0.15, -0.1) is 0 Å². The van der Waals surface area contributed by atoms with E-state index in [9.17, 15) is 8.42 Å². The standard InChI is InChI=1S/C14H14ClNO2S/c1-10-3-2-4-13(7-10)19(17,18)9-11-8-12(15)5-6-14(11)16/h2-8H,9,16H2,1H3. The largest absolute Gasteiger partial charge is 0.398 e. The highest BCUT2D eigenvalue weighted by molar-refractivity contribution is 7.90. The third-order valence-corrected chi connectivity index (χ3v) is 4.70. The van der Waals surface area contributed by atoms with Gasteiger partial charge in [0.25, 0.3) is 0 Å². The van der Waals surface area contributed by atoms with Crippen LogP contribution in [0.2, 0.25) is 5.02 Å². The quantitative estimate of drug-likeness (QED) is 0.885. The lowest BCUT2D eigenvalue weighted by Crippen LogP contribution is -2.07. The van der Waals surface area contributed by atoms with Gasteiger partial charge in [0, 0.05) is 10.7 Å². The second-order valence-electron chi connectivity index (χ2n) is 4.42. The number of aryl methyl sites for hydroxylation is 1. The molecule has 0 aromatic heterocycles. The van der Waals surface area contributed by atoms with Crippen LogP contribution in [0.15, 0.2) is 47.4 Å². The van der Waals surface area contributed by atoms with Crippen LogP contribution in [-0.4, -0.2) is 8.42 Å². The molecule has 100 valence electrons. The summed E-state index contributed by atoms with van der Waals surface area (Å²) >= 11 is 5.87. The number of hydrogen-bond acceptors (Lipinski definition) is 3. The molecule has 2 aromatic rings. The Morgan fingerprint density at radius 2 is 1.89 bits per heavy atom. The fourth-order valence-corrected chi connectivity index (χ4v) is 3.47. The molecule has 2 N–H and O–H groups in total. The van der Waals surface area contributed by atoms with Gasteiger partial charge in [0.05, 0.1) is 10.6 Å². The zero-order valence-electron chi connectivity index (χ0n) is 10.4. The van der Waals surface area contributed by atoms with E-state index in [4.69, 9.17) is 17.3 Å². The maximum atomic E-state index is 12.3. The Balaban J connectivity index is 2.39. The van der Waals surface area contributed by atoms with Gasteiger partial charge in [-0.25, -0.2) is 8.42 Å². The summed E-state index contributed by atoms with van der Waals surface area (Å²) in [6, 6.07) is 11.7. The predicted molar refractivity (Wildman–Crippen MR) is 77.9 cm³/mol. The Hall–Kier alpha value is -1.52. The van der Waals surface area contributed by atoms with Crippen molar-refractivity contribution < 1.29 is 8.42 Å². The molecule has 0 heterocycles. The average Bonchev–Trinajstić information content (AvgIpc) is 2.33. The first-order valence-corrected chi connectivity index (χ1v) is 7.75. The topological polar surface area (TPSA) is 60.2 Å². The molecular formula is C14H14ClNO2S. The van der Waals surface area contributed by atoms with E-state index < -0.39 is 9.84 Å². The monoisotopic (exact) mass is 295 g/mol. The third-order valence-electron chi connectivity index (χ3n) is 2.80.